The second-order valence-electron chi connectivity index (χ2n) is 9.19. The normalized spacial score (nSPS) is 15.7. The summed E-state index contributed by atoms with van der Waals surface area (Å²) < 4.78 is 1.71. The van der Waals surface area contributed by atoms with Crippen LogP contribution in [0.3, 0.4) is 0 Å². The van der Waals surface area contributed by atoms with Crippen LogP contribution in [-0.2, 0) is 4.79 Å². The van der Waals surface area contributed by atoms with E-state index in [9.17, 15) is 10.1 Å². The van der Waals surface area contributed by atoms with E-state index in [2.05, 4.69) is 45.0 Å². The summed E-state index contributed by atoms with van der Waals surface area (Å²) >= 11 is 0. The van der Waals surface area contributed by atoms with Crippen LogP contribution < -0.4 is 10.6 Å². The average Bonchev–Trinajstić information content (AvgIpc) is 3.64. The molecule has 0 saturated heterocycles. The lowest BCUT2D eigenvalue weighted by Crippen LogP contribution is -2.25. The monoisotopic (exact) mass is 472 g/mol. The van der Waals surface area contributed by atoms with E-state index >= 15 is 0 Å². The van der Waals surface area contributed by atoms with Crippen LogP contribution >= 0.6 is 0 Å². The molecule has 2 N–H and O–H groups in total. The number of hydrogen-bond donors (Lipinski definition) is 2. The van der Waals surface area contributed by atoms with Gasteiger partial charge in [0.15, 0.2) is 5.65 Å². The van der Waals surface area contributed by atoms with Crippen molar-refractivity contribution < 1.29 is 4.79 Å². The number of nitrogens with one attached hydrogen (secondary N) is 2. The molecule has 0 spiro atoms. The van der Waals surface area contributed by atoms with Crippen LogP contribution in [0.4, 0.5) is 17.3 Å². The number of allylic oxidation sites excluding steroid dienone is 3. The molecule has 1 saturated carbocycles. The molecule has 2 aromatic heterocycles. The molecule has 7 nitrogen and oxygen atoms in total. The minimum atomic E-state index is -0.354. The number of carbonyl (C=O) groups is 1. The van der Waals surface area contributed by atoms with E-state index in [1.165, 1.54) is 0 Å². The number of pyridine rings is 1. The first-order chi connectivity index (χ1) is 17.6. The van der Waals surface area contributed by atoms with Gasteiger partial charge in [-0.15, -0.1) is 5.10 Å². The fourth-order valence-electron chi connectivity index (χ4n) is 4.65. The highest BCUT2D eigenvalue weighted by molar-refractivity contribution is 6.00. The zero-order chi connectivity index (χ0) is 24.5. The van der Waals surface area contributed by atoms with Gasteiger partial charge >= 0.3 is 0 Å². The third kappa shape index (κ3) is 4.03. The molecule has 2 heterocycles. The number of fused-ring (bicyclic) bond motifs is 1. The van der Waals surface area contributed by atoms with Crippen LogP contribution in [0.1, 0.15) is 31.2 Å². The van der Waals surface area contributed by atoms with Crippen molar-refractivity contribution in [3.63, 3.8) is 0 Å². The second kappa shape index (κ2) is 8.82. The Hall–Kier alpha value is -4.70. The standard InChI is InChI=1S/C29H24N6O/c30-18-21-6-4-5-9-25(21)32-28-33-26-15-12-22(19-35(26)34-28)20-10-13-24(14-11-20)31-27(36)29(16-17-29)23-7-2-1-3-8-23/h2,4-15,19H,1,3,16-17H2,(H,31,36)(H,32,34). The molecular formula is C29H24N6O. The summed E-state index contributed by atoms with van der Waals surface area (Å²) in [4.78, 5) is 17.5. The Bertz CT molecular complexity index is 1570. The van der Waals surface area contributed by atoms with Crippen molar-refractivity contribution in [1.82, 2.24) is 14.6 Å². The first kappa shape index (κ1) is 21.8. The van der Waals surface area contributed by atoms with Crippen molar-refractivity contribution in [3.05, 3.63) is 96.2 Å². The average molecular weight is 473 g/mol. The Morgan fingerprint density at radius 3 is 2.56 bits per heavy atom. The van der Waals surface area contributed by atoms with Gasteiger partial charge in [-0.3, -0.25) is 4.79 Å². The molecule has 0 bridgehead atoms. The predicted octanol–water partition coefficient (Wildman–Crippen LogP) is 6.01. The molecule has 176 valence electrons. The SMILES string of the molecule is N#Cc1ccccc1Nc1nc2ccc(-c3ccc(NC(=O)C4(C5=CCCC=C5)CC4)cc3)cn2n1. The van der Waals surface area contributed by atoms with Gasteiger partial charge in [0.25, 0.3) is 0 Å². The number of aromatic nitrogens is 3. The fraction of sp³-hybridized carbons (Fsp3) is 0.172. The van der Waals surface area contributed by atoms with Gasteiger partial charge in [-0.05, 0) is 73.2 Å². The number of hydrogen-bond acceptors (Lipinski definition) is 5. The Labute approximate surface area is 208 Å². The molecule has 1 amide bonds. The van der Waals surface area contributed by atoms with Gasteiger partial charge in [-0.2, -0.15) is 10.2 Å². The summed E-state index contributed by atoms with van der Waals surface area (Å²) in [5.41, 5.74) is 5.47. The van der Waals surface area contributed by atoms with Crippen molar-refractivity contribution in [2.75, 3.05) is 10.6 Å². The van der Waals surface area contributed by atoms with E-state index in [0.717, 1.165) is 48.1 Å². The summed E-state index contributed by atoms with van der Waals surface area (Å²) in [6.07, 6.45) is 12.3. The molecule has 2 aromatic carbocycles. The van der Waals surface area contributed by atoms with Crippen LogP contribution in [0.2, 0.25) is 0 Å². The highest BCUT2D eigenvalue weighted by Gasteiger charge is 2.52. The smallest absolute Gasteiger partial charge is 0.247 e. The Balaban J connectivity index is 1.18. The third-order valence-electron chi connectivity index (χ3n) is 6.83. The number of rotatable bonds is 6. The Morgan fingerprint density at radius 2 is 1.81 bits per heavy atom. The molecule has 0 radical (unpaired) electrons. The maximum Gasteiger partial charge on any atom is 0.247 e. The van der Waals surface area contributed by atoms with Crippen molar-refractivity contribution in [1.29, 1.82) is 5.26 Å². The number of benzene rings is 2. The Morgan fingerprint density at radius 1 is 1.00 bits per heavy atom. The maximum atomic E-state index is 13.0. The zero-order valence-corrected chi connectivity index (χ0v) is 19.6. The van der Waals surface area contributed by atoms with E-state index in [1.807, 2.05) is 60.8 Å². The van der Waals surface area contributed by atoms with Crippen molar-refractivity contribution >= 4 is 28.9 Å². The zero-order valence-electron chi connectivity index (χ0n) is 19.6. The first-order valence-electron chi connectivity index (χ1n) is 12.1. The van der Waals surface area contributed by atoms with Gasteiger partial charge in [0.2, 0.25) is 11.9 Å². The van der Waals surface area contributed by atoms with Gasteiger partial charge in [0.1, 0.15) is 6.07 Å². The lowest BCUT2D eigenvalue weighted by Gasteiger charge is -2.19. The molecule has 4 aromatic rings. The van der Waals surface area contributed by atoms with E-state index in [0.29, 0.717) is 22.8 Å². The topological polar surface area (TPSA) is 95.1 Å². The van der Waals surface area contributed by atoms with Gasteiger partial charge < -0.3 is 10.6 Å². The molecule has 6 rings (SSSR count). The van der Waals surface area contributed by atoms with E-state index in [4.69, 9.17) is 0 Å². The molecule has 0 unspecified atom stereocenters. The number of nitriles is 1. The van der Waals surface area contributed by atoms with Crippen molar-refractivity contribution in [3.8, 4) is 17.2 Å². The van der Waals surface area contributed by atoms with Crippen molar-refractivity contribution in [2.45, 2.75) is 25.7 Å². The summed E-state index contributed by atoms with van der Waals surface area (Å²) in [6.45, 7) is 0. The second-order valence-corrected chi connectivity index (χ2v) is 9.19. The molecule has 2 aliphatic rings. The predicted molar refractivity (Wildman–Crippen MR) is 140 cm³/mol. The van der Waals surface area contributed by atoms with Crippen LogP contribution in [0.5, 0.6) is 0 Å². The Kier molecular flexibility index (Phi) is 5.34. The third-order valence-corrected chi connectivity index (χ3v) is 6.83. The number of para-hydroxylation sites is 1. The molecule has 1 fully saturated rings. The van der Waals surface area contributed by atoms with Crippen LogP contribution in [0, 0.1) is 16.7 Å². The highest BCUT2D eigenvalue weighted by Crippen LogP contribution is 2.53. The van der Waals surface area contributed by atoms with E-state index in [1.54, 1.807) is 10.6 Å². The number of nitrogens with zero attached hydrogens (tertiary/aromatic N) is 4. The summed E-state index contributed by atoms with van der Waals surface area (Å²) in [5.74, 6) is 0.500. The molecule has 2 aliphatic carbocycles. The summed E-state index contributed by atoms with van der Waals surface area (Å²) in [6, 6.07) is 21.2. The van der Waals surface area contributed by atoms with Crippen LogP contribution in [0.15, 0.2) is 90.7 Å². The number of carbonyl (C=O) groups excluding carboxylic acids is 1. The molecule has 0 aliphatic heterocycles. The largest absolute Gasteiger partial charge is 0.325 e. The highest BCUT2D eigenvalue weighted by atomic mass is 16.2. The van der Waals surface area contributed by atoms with E-state index in [-0.39, 0.29) is 11.3 Å². The van der Waals surface area contributed by atoms with Gasteiger partial charge in [0.05, 0.1) is 16.7 Å². The van der Waals surface area contributed by atoms with E-state index < -0.39 is 0 Å². The molecule has 0 atom stereocenters. The van der Waals surface area contributed by atoms with Crippen LogP contribution in [-0.4, -0.2) is 20.5 Å². The van der Waals surface area contributed by atoms with Crippen molar-refractivity contribution in [2.24, 2.45) is 5.41 Å². The fourth-order valence-corrected chi connectivity index (χ4v) is 4.65. The quantitative estimate of drug-likeness (QED) is 0.358. The lowest BCUT2D eigenvalue weighted by molar-refractivity contribution is -0.119. The molecular weight excluding hydrogens is 448 g/mol. The number of amides is 1. The van der Waals surface area contributed by atoms with Gasteiger partial charge in [0, 0.05) is 17.4 Å². The number of anilines is 3. The first-order valence-corrected chi connectivity index (χ1v) is 12.1. The molecule has 7 heteroatoms. The lowest BCUT2D eigenvalue weighted by atomic mass is 9.90. The minimum Gasteiger partial charge on any atom is -0.325 e. The van der Waals surface area contributed by atoms with Crippen LogP contribution in [0.25, 0.3) is 16.8 Å². The maximum absolute atomic E-state index is 13.0. The summed E-state index contributed by atoms with van der Waals surface area (Å²) in [7, 11) is 0. The molecule has 36 heavy (non-hydrogen) atoms. The summed E-state index contributed by atoms with van der Waals surface area (Å²) in [5, 5.41) is 20.1. The van der Waals surface area contributed by atoms with Gasteiger partial charge in [-0.1, -0.05) is 42.5 Å². The van der Waals surface area contributed by atoms with Gasteiger partial charge in [-0.25, -0.2) is 4.52 Å². The minimum absolute atomic E-state index is 0.0788.